The van der Waals surface area contributed by atoms with Crippen LogP contribution in [0.5, 0.6) is 11.6 Å². The Labute approximate surface area is 130 Å². The molecule has 21 heavy (non-hydrogen) atoms. The highest BCUT2D eigenvalue weighted by Gasteiger charge is 2.21. The zero-order valence-corrected chi connectivity index (χ0v) is 12.4. The second-order valence-electron chi connectivity index (χ2n) is 4.28. The van der Waals surface area contributed by atoms with Crippen LogP contribution < -0.4 is 10.5 Å². The van der Waals surface area contributed by atoms with Gasteiger partial charge < -0.3 is 10.5 Å². The van der Waals surface area contributed by atoms with Crippen molar-refractivity contribution in [1.82, 2.24) is 4.98 Å². The summed E-state index contributed by atoms with van der Waals surface area (Å²) < 4.78 is 5.52. The van der Waals surface area contributed by atoms with Gasteiger partial charge in [0.15, 0.2) is 0 Å². The maximum atomic E-state index is 11.1. The van der Waals surface area contributed by atoms with Crippen molar-refractivity contribution in [2.24, 2.45) is 5.73 Å². The van der Waals surface area contributed by atoms with Gasteiger partial charge >= 0.3 is 5.69 Å². The summed E-state index contributed by atoms with van der Waals surface area (Å²) in [6, 6.07) is 5.51. The number of pyridine rings is 1. The molecule has 2 N–H and O–H groups in total. The molecule has 1 aromatic carbocycles. The van der Waals surface area contributed by atoms with Crippen LogP contribution in [-0.2, 0) is 0 Å². The molecule has 0 radical (unpaired) electrons. The lowest BCUT2D eigenvalue weighted by Gasteiger charge is -2.12. The molecule has 2 aromatic rings. The molecule has 0 amide bonds. The molecule has 1 atom stereocenters. The second kappa shape index (κ2) is 6.26. The summed E-state index contributed by atoms with van der Waals surface area (Å²) in [4.78, 5) is 14.5. The Balaban J connectivity index is 2.49. The van der Waals surface area contributed by atoms with Crippen molar-refractivity contribution in [2.45, 2.75) is 13.0 Å². The molecule has 1 aromatic heterocycles. The minimum atomic E-state index is -0.605. The van der Waals surface area contributed by atoms with E-state index in [2.05, 4.69) is 4.98 Å². The van der Waals surface area contributed by atoms with E-state index in [0.29, 0.717) is 5.56 Å². The number of hydrogen-bond donors (Lipinski definition) is 1. The Hall–Kier alpha value is -1.89. The zero-order chi connectivity index (χ0) is 15.6. The molecule has 0 bridgehead atoms. The predicted octanol–water partition coefficient (Wildman–Crippen LogP) is 4.11. The summed E-state index contributed by atoms with van der Waals surface area (Å²) in [6.45, 7) is 1.76. The van der Waals surface area contributed by atoms with E-state index in [0.717, 1.165) is 6.07 Å². The molecule has 0 aliphatic rings. The Morgan fingerprint density at radius 1 is 1.38 bits per heavy atom. The standard InChI is InChI=1S/C13H11Cl2N3O3/c1-7(16)8-3-2-4-17-13(8)21-12-6-10(15)9(14)5-11(12)18(19)20/h2-7H,16H2,1H3/t7-/m1/s1. The number of ether oxygens (including phenoxy) is 1. The van der Waals surface area contributed by atoms with Gasteiger partial charge in [0, 0.05) is 29.9 Å². The van der Waals surface area contributed by atoms with Gasteiger partial charge in [-0.3, -0.25) is 10.1 Å². The van der Waals surface area contributed by atoms with Gasteiger partial charge in [0.1, 0.15) is 0 Å². The third-order valence-corrected chi connectivity index (χ3v) is 3.42. The molecule has 0 fully saturated rings. The highest BCUT2D eigenvalue weighted by Crippen LogP contribution is 2.38. The largest absolute Gasteiger partial charge is 0.431 e. The number of benzene rings is 1. The Morgan fingerprint density at radius 3 is 2.67 bits per heavy atom. The van der Waals surface area contributed by atoms with Crippen LogP contribution in [0.15, 0.2) is 30.5 Å². The average Bonchev–Trinajstić information content (AvgIpc) is 2.42. The fraction of sp³-hybridized carbons (Fsp3) is 0.154. The first-order valence-electron chi connectivity index (χ1n) is 5.92. The molecule has 0 saturated carbocycles. The molecule has 110 valence electrons. The fourth-order valence-electron chi connectivity index (χ4n) is 1.68. The third-order valence-electron chi connectivity index (χ3n) is 2.70. The molecule has 2 rings (SSSR count). The van der Waals surface area contributed by atoms with Crippen molar-refractivity contribution in [3.05, 3.63) is 56.2 Å². The summed E-state index contributed by atoms with van der Waals surface area (Å²) >= 11 is 11.7. The average molecular weight is 328 g/mol. The molecule has 8 heteroatoms. The van der Waals surface area contributed by atoms with Crippen LogP contribution in [0.1, 0.15) is 18.5 Å². The van der Waals surface area contributed by atoms with Crippen LogP contribution in [0.25, 0.3) is 0 Å². The number of nitro groups is 1. The lowest BCUT2D eigenvalue weighted by molar-refractivity contribution is -0.385. The number of nitrogens with two attached hydrogens (primary N) is 1. The Morgan fingerprint density at radius 2 is 2.05 bits per heavy atom. The summed E-state index contributed by atoms with van der Waals surface area (Å²) in [5, 5.41) is 11.3. The first-order valence-corrected chi connectivity index (χ1v) is 6.67. The van der Waals surface area contributed by atoms with Gasteiger partial charge in [-0.05, 0) is 13.0 Å². The molecular weight excluding hydrogens is 317 g/mol. The van der Waals surface area contributed by atoms with Gasteiger partial charge in [-0.25, -0.2) is 4.98 Å². The van der Waals surface area contributed by atoms with E-state index in [9.17, 15) is 10.1 Å². The van der Waals surface area contributed by atoms with Crippen LogP contribution in [0.4, 0.5) is 5.69 Å². The van der Waals surface area contributed by atoms with Crippen LogP contribution in [0.2, 0.25) is 10.0 Å². The highest BCUT2D eigenvalue weighted by molar-refractivity contribution is 6.42. The van der Waals surface area contributed by atoms with Gasteiger partial charge in [0.25, 0.3) is 0 Å². The normalized spacial score (nSPS) is 12.0. The van der Waals surface area contributed by atoms with Crippen molar-refractivity contribution >= 4 is 28.9 Å². The van der Waals surface area contributed by atoms with E-state index < -0.39 is 4.92 Å². The van der Waals surface area contributed by atoms with Crippen LogP contribution >= 0.6 is 23.2 Å². The zero-order valence-electron chi connectivity index (χ0n) is 10.9. The fourth-order valence-corrected chi connectivity index (χ4v) is 1.99. The summed E-state index contributed by atoms with van der Waals surface area (Å²) in [6.07, 6.45) is 1.50. The summed E-state index contributed by atoms with van der Waals surface area (Å²) in [7, 11) is 0. The quantitative estimate of drug-likeness (QED) is 0.673. The number of aromatic nitrogens is 1. The van der Waals surface area contributed by atoms with E-state index in [1.54, 1.807) is 19.1 Å². The number of hydrogen-bond acceptors (Lipinski definition) is 5. The minimum Gasteiger partial charge on any atom is -0.431 e. The molecule has 0 aliphatic carbocycles. The first-order chi connectivity index (χ1) is 9.90. The molecule has 0 unspecified atom stereocenters. The molecule has 6 nitrogen and oxygen atoms in total. The van der Waals surface area contributed by atoms with Gasteiger partial charge in [-0.2, -0.15) is 0 Å². The molecule has 0 aliphatic heterocycles. The lowest BCUT2D eigenvalue weighted by Crippen LogP contribution is -2.07. The SMILES string of the molecule is C[C@@H](N)c1cccnc1Oc1cc(Cl)c(Cl)cc1[N+](=O)[O-]. The maximum absolute atomic E-state index is 11.1. The van der Waals surface area contributed by atoms with E-state index in [1.807, 2.05) is 0 Å². The predicted molar refractivity (Wildman–Crippen MR) is 80.0 cm³/mol. The highest BCUT2D eigenvalue weighted by atomic mass is 35.5. The van der Waals surface area contributed by atoms with Crippen molar-refractivity contribution in [3.8, 4) is 11.6 Å². The van der Waals surface area contributed by atoms with Crippen LogP contribution in [0, 0.1) is 10.1 Å². The van der Waals surface area contributed by atoms with Crippen molar-refractivity contribution in [2.75, 3.05) is 0 Å². The van der Waals surface area contributed by atoms with E-state index in [1.165, 1.54) is 12.3 Å². The number of nitro benzene ring substituents is 1. The molecule has 0 spiro atoms. The van der Waals surface area contributed by atoms with Crippen molar-refractivity contribution < 1.29 is 9.66 Å². The second-order valence-corrected chi connectivity index (χ2v) is 5.09. The van der Waals surface area contributed by atoms with Gasteiger partial charge in [0.2, 0.25) is 11.6 Å². The number of rotatable bonds is 4. The molecular formula is C13H11Cl2N3O3. The van der Waals surface area contributed by atoms with Gasteiger partial charge in [-0.15, -0.1) is 0 Å². The smallest absolute Gasteiger partial charge is 0.313 e. The van der Waals surface area contributed by atoms with Gasteiger partial charge in [0.05, 0.1) is 15.0 Å². The van der Waals surface area contributed by atoms with E-state index >= 15 is 0 Å². The molecule has 0 saturated heterocycles. The van der Waals surface area contributed by atoms with Gasteiger partial charge in [-0.1, -0.05) is 29.3 Å². The van der Waals surface area contributed by atoms with Crippen molar-refractivity contribution in [1.29, 1.82) is 0 Å². The topological polar surface area (TPSA) is 91.3 Å². The van der Waals surface area contributed by atoms with E-state index in [4.69, 9.17) is 33.7 Å². The monoisotopic (exact) mass is 327 g/mol. The third kappa shape index (κ3) is 3.41. The maximum Gasteiger partial charge on any atom is 0.313 e. The lowest BCUT2D eigenvalue weighted by atomic mass is 10.1. The van der Waals surface area contributed by atoms with Crippen LogP contribution in [0.3, 0.4) is 0 Å². The number of nitrogens with zero attached hydrogens (tertiary/aromatic N) is 2. The summed E-state index contributed by atoms with van der Waals surface area (Å²) in [5.41, 5.74) is 6.14. The number of halogens is 2. The first kappa shape index (κ1) is 15.5. The minimum absolute atomic E-state index is 0.0463. The Kier molecular flexibility index (Phi) is 4.62. The van der Waals surface area contributed by atoms with Crippen LogP contribution in [-0.4, -0.2) is 9.91 Å². The van der Waals surface area contributed by atoms with E-state index in [-0.39, 0.29) is 33.4 Å². The summed E-state index contributed by atoms with van der Waals surface area (Å²) in [5.74, 6) is 0.143. The Bertz CT molecular complexity index is 692. The molecule has 1 heterocycles. The van der Waals surface area contributed by atoms with Crippen molar-refractivity contribution in [3.63, 3.8) is 0 Å².